The van der Waals surface area contributed by atoms with Gasteiger partial charge in [-0.15, -0.1) is 0 Å². The summed E-state index contributed by atoms with van der Waals surface area (Å²) in [5.74, 6) is 4.76. The minimum Gasteiger partial charge on any atom is -0.230 e. The molecule has 0 atom stereocenters. The molecule has 0 saturated carbocycles. The van der Waals surface area contributed by atoms with Crippen LogP contribution in [0.2, 0.25) is 5.15 Å². The summed E-state index contributed by atoms with van der Waals surface area (Å²) in [6.45, 7) is 0. The minimum atomic E-state index is 0.280. The molecule has 0 fully saturated rings. The van der Waals surface area contributed by atoms with Gasteiger partial charge in [-0.3, -0.25) is 0 Å². The highest BCUT2D eigenvalue weighted by atomic mass is 35.5. The number of thioether (sulfide) groups is 1. The Morgan fingerprint density at radius 2 is 2.38 bits per heavy atom. The first kappa shape index (κ1) is 9.85. The van der Waals surface area contributed by atoms with E-state index in [1.807, 2.05) is 6.26 Å². The van der Waals surface area contributed by atoms with Crippen LogP contribution in [0.5, 0.6) is 0 Å². The Morgan fingerprint density at radius 1 is 1.62 bits per heavy atom. The van der Waals surface area contributed by atoms with Crippen LogP contribution in [0, 0.1) is 23.2 Å². The molecule has 1 heterocycles. The standard InChI is InChI=1S/C8H4ClN3S/c1-13-8-11-5-6(3-2-4-10)7(9)12-8/h5H,1H3. The molecule has 64 valence electrons. The van der Waals surface area contributed by atoms with E-state index < -0.39 is 0 Å². The van der Waals surface area contributed by atoms with E-state index in [0.717, 1.165) is 0 Å². The molecule has 0 aliphatic rings. The summed E-state index contributed by atoms with van der Waals surface area (Å²) in [5, 5.41) is 9.08. The highest BCUT2D eigenvalue weighted by Gasteiger charge is 2.00. The average molecular weight is 210 g/mol. The molecule has 13 heavy (non-hydrogen) atoms. The SMILES string of the molecule is CSc1ncc(C#CC#N)c(Cl)n1. The zero-order chi connectivity index (χ0) is 9.68. The number of nitrogens with zero attached hydrogens (tertiary/aromatic N) is 3. The predicted octanol–water partition coefficient (Wildman–Crippen LogP) is 1.73. The molecule has 0 radical (unpaired) electrons. The van der Waals surface area contributed by atoms with Crippen LogP contribution < -0.4 is 0 Å². The van der Waals surface area contributed by atoms with Crippen LogP contribution >= 0.6 is 23.4 Å². The first-order valence-electron chi connectivity index (χ1n) is 3.24. The molecule has 0 spiro atoms. The maximum absolute atomic E-state index is 8.21. The molecule has 0 bridgehead atoms. The highest BCUT2D eigenvalue weighted by molar-refractivity contribution is 7.98. The van der Waals surface area contributed by atoms with Gasteiger partial charge in [-0.05, 0) is 12.2 Å². The van der Waals surface area contributed by atoms with Gasteiger partial charge in [0.25, 0.3) is 0 Å². The largest absolute Gasteiger partial charge is 0.230 e. The molecule has 1 rings (SSSR count). The van der Waals surface area contributed by atoms with Gasteiger partial charge in [0, 0.05) is 12.1 Å². The molecule has 0 unspecified atom stereocenters. The fourth-order valence-corrected chi connectivity index (χ4v) is 1.19. The maximum Gasteiger partial charge on any atom is 0.188 e. The van der Waals surface area contributed by atoms with Crippen molar-refractivity contribution >= 4 is 23.4 Å². The van der Waals surface area contributed by atoms with Crippen molar-refractivity contribution in [1.82, 2.24) is 9.97 Å². The first-order valence-corrected chi connectivity index (χ1v) is 4.85. The van der Waals surface area contributed by atoms with Crippen molar-refractivity contribution < 1.29 is 0 Å². The molecule has 0 aliphatic heterocycles. The monoisotopic (exact) mass is 209 g/mol. The molecule has 1 aromatic rings. The molecule has 5 heteroatoms. The van der Waals surface area contributed by atoms with Gasteiger partial charge >= 0.3 is 0 Å². The van der Waals surface area contributed by atoms with E-state index in [-0.39, 0.29) is 5.15 Å². The lowest BCUT2D eigenvalue weighted by molar-refractivity contribution is 0.965. The first-order chi connectivity index (χ1) is 6.27. The fraction of sp³-hybridized carbons (Fsp3) is 0.125. The summed E-state index contributed by atoms with van der Waals surface area (Å²) in [7, 11) is 0. The Kier molecular flexibility index (Phi) is 3.57. The predicted molar refractivity (Wildman–Crippen MR) is 51.3 cm³/mol. The fourth-order valence-electron chi connectivity index (χ4n) is 0.624. The molecule has 0 saturated heterocycles. The van der Waals surface area contributed by atoms with Crippen molar-refractivity contribution in [3.63, 3.8) is 0 Å². The second kappa shape index (κ2) is 4.71. The summed E-state index contributed by atoms with van der Waals surface area (Å²) < 4.78 is 0. The van der Waals surface area contributed by atoms with Crippen LogP contribution in [-0.4, -0.2) is 16.2 Å². The molecular formula is C8H4ClN3S. The Morgan fingerprint density at radius 3 is 2.92 bits per heavy atom. The van der Waals surface area contributed by atoms with E-state index in [4.69, 9.17) is 16.9 Å². The summed E-state index contributed by atoms with van der Waals surface area (Å²) in [4.78, 5) is 7.92. The number of halogens is 1. The lowest BCUT2D eigenvalue weighted by atomic mass is 10.3. The molecule has 0 amide bonds. The van der Waals surface area contributed by atoms with Gasteiger partial charge in [-0.2, -0.15) is 5.26 Å². The summed E-state index contributed by atoms with van der Waals surface area (Å²) in [6, 6.07) is 1.69. The lowest BCUT2D eigenvalue weighted by Gasteiger charge is -1.96. The van der Waals surface area contributed by atoms with Crippen LogP contribution in [0.25, 0.3) is 0 Å². The normalized spacial score (nSPS) is 8.38. The second-order valence-electron chi connectivity index (χ2n) is 1.92. The van der Waals surface area contributed by atoms with E-state index in [2.05, 4.69) is 21.8 Å². The quantitative estimate of drug-likeness (QED) is 0.306. The molecule has 0 aromatic carbocycles. The number of hydrogen-bond acceptors (Lipinski definition) is 4. The Balaban J connectivity index is 3.07. The van der Waals surface area contributed by atoms with Crippen LogP contribution in [0.15, 0.2) is 11.4 Å². The summed E-state index contributed by atoms with van der Waals surface area (Å²) in [6.07, 6.45) is 3.36. The van der Waals surface area contributed by atoms with Crippen LogP contribution in [0.4, 0.5) is 0 Å². The van der Waals surface area contributed by atoms with Gasteiger partial charge in [-0.25, -0.2) is 9.97 Å². The third-order valence-corrected chi connectivity index (χ3v) is 2.01. The van der Waals surface area contributed by atoms with Gasteiger partial charge < -0.3 is 0 Å². The minimum absolute atomic E-state index is 0.280. The van der Waals surface area contributed by atoms with Gasteiger partial charge in [0.05, 0.1) is 5.56 Å². The van der Waals surface area contributed by atoms with Crippen molar-refractivity contribution in [2.24, 2.45) is 0 Å². The van der Waals surface area contributed by atoms with Crippen molar-refractivity contribution in [2.75, 3.05) is 6.26 Å². The summed E-state index contributed by atoms with van der Waals surface area (Å²) in [5.41, 5.74) is 0.473. The zero-order valence-electron chi connectivity index (χ0n) is 6.71. The van der Waals surface area contributed by atoms with Crippen LogP contribution in [0.1, 0.15) is 5.56 Å². The topological polar surface area (TPSA) is 49.6 Å². The van der Waals surface area contributed by atoms with Crippen molar-refractivity contribution in [3.05, 3.63) is 16.9 Å². The van der Waals surface area contributed by atoms with Crippen LogP contribution in [0.3, 0.4) is 0 Å². The highest BCUT2D eigenvalue weighted by Crippen LogP contribution is 2.15. The smallest absolute Gasteiger partial charge is 0.188 e. The Hall–Kier alpha value is -1.23. The Bertz CT molecular complexity index is 414. The van der Waals surface area contributed by atoms with E-state index in [1.54, 1.807) is 6.07 Å². The van der Waals surface area contributed by atoms with Gasteiger partial charge in [-0.1, -0.05) is 23.4 Å². The number of nitriles is 1. The maximum atomic E-state index is 8.21. The van der Waals surface area contributed by atoms with E-state index in [0.29, 0.717) is 10.7 Å². The van der Waals surface area contributed by atoms with E-state index in [1.165, 1.54) is 18.0 Å². The molecular weight excluding hydrogens is 206 g/mol. The number of hydrogen-bond donors (Lipinski definition) is 0. The van der Waals surface area contributed by atoms with Gasteiger partial charge in [0.15, 0.2) is 11.2 Å². The van der Waals surface area contributed by atoms with E-state index in [9.17, 15) is 0 Å². The van der Waals surface area contributed by atoms with Crippen LogP contribution in [-0.2, 0) is 0 Å². The molecule has 0 aliphatic carbocycles. The van der Waals surface area contributed by atoms with E-state index >= 15 is 0 Å². The second-order valence-corrected chi connectivity index (χ2v) is 3.05. The van der Waals surface area contributed by atoms with Gasteiger partial charge in [0.1, 0.15) is 5.15 Å². The van der Waals surface area contributed by atoms with Gasteiger partial charge in [0.2, 0.25) is 0 Å². The number of aromatic nitrogens is 2. The average Bonchev–Trinajstić information content (AvgIpc) is 2.16. The van der Waals surface area contributed by atoms with Crippen molar-refractivity contribution in [2.45, 2.75) is 5.16 Å². The molecule has 1 aromatic heterocycles. The van der Waals surface area contributed by atoms with Crippen molar-refractivity contribution in [3.8, 4) is 17.9 Å². The third-order valence-electron chi connectivity index (χ3n) is 1.16. The zero-order valence-corrected chi connectivity index (χ0v) is 8.28. The summed E-state index contributed by atoms with van der Waals surface area (Å²) >= 11 is 7.16. The number of rotatable bonds is 1. The molecule has 3 nitrogen and oxygen atoms in total. The third kappa shape index (κ3) is 2.62. The molecule has 0 N–H and O–H groups in total. The Labute approximate surface area is 85.1 Å². The van der Waals surface area contributed by atoms with Crippen molar-refractivity contribution in [1.29, 1.82) is 5.26 Å². The lowest BCUT2D eigenvalue weighted by Crippen LogP contribution is -1.89.